The first-order chi connectivity index (χ1) is 14.3. The van der Waals surface area contributed by atoms with Gasteiger partial charge in [-0.3, -0.25) is 9.36 Å². The second-order valence-electron chi connectivity index (χ2n) is 6.88. The highest BCUT2D eigenvalue weighted by Crippen LogP contribution is 2.29. The van der Waals surface area contributed by atoms with Crippen LogP contribution >= 0.6 is 23.1 Å². The van der Waals surface area contributed by atoms with Gasteiger partial charge in [-0.1, -0.05) is 30.0 Å². The lowest BCUT2D eigenvalue weighted by Gasteiger charge is -2.10. The van der Waals surface area contributed by atoms with Crippen LogP contribution in [0.2, 0.25) is 0 Å². The number of anilines is 3. The Morgan fingerprint density at radius 2 is 1.90 bits per heavy atom. The quantitative estimate of drug-likeness (QED) is 0.357. The van der Waals surface area contributed by atoms with E-state index in [4.69, 9.17) is 5.73 Å². The molecule has 1 aromatic carbocycles. The van der Waals surface area contributed by atoms with Crippen LogP contribution in [0.15, 0.2) is 34.2 Å². The number of thiophene rings is 1. The van der Waals surface area contributed by atoms with Gasteiger partial charge in [0.1, 0.15) is 10.7 Å². The molecule has 0 saturated carbocycles. The topological polar surface area (TPSA) is 112 Å². The molecule has 4 rings (SSSR count). The van der Waals surface area contributed by atoms with E-state index in [9.17, 15) is 4.79 Å². The molecule has 0 aliphatic carbocycles. The first kappa shape index (κ1) is 20.3. The number of thioether (sulfide) groups is 1. The number of aromatic nitrogens is 5. The fraction of sp³-hybridized carbons (Fsp3) is 0.250. The van der Waals surface area contributed by atoms with Crippen molar-refractivity contribution < 1.29 is 0 Å². The Morgan fingerprint density at radius 3 is 2.67 bits per heavy atom. The summed E-state index contributed by atoms with van der Waals surface area (Å²) in [6, 6.07) is 7.85. The first-order valence-corrected chi connectivity index (χ1v) is 11.1. The van der Waals surface area contributed by atoms with Crippen LogP contribution in [0.25, 0.3) is 10.2 Å². The van der Waals surface area contributed by atoms with Crippen molar-refractivity contribution in [3.63, 3.8) is 0 Å². The van der Waals surface area contributed by atoms with Gasteiger partial charge < -0.3 is 11.1 Å². The minimum atomic E-state index is -0.0404. The highest BCUT2D eigenvalue weighted by atomic mass is 32.2. The zero-order valence-corrected chi connectivity index (χ0v) is 18.7. The zero-order valence-electron chi connectivity index (χ0n) is 17.1. The van der Waals surface area contributed by atoms with E-state index < -0.39 is 0 Å². The van der Waals surface area contributed by atoms with Crippen molar-refractivity contribution in [1.29, 1.82) is 0 Å². The molecule has 3 heterocycles. The van der Waals surface area contributed by atoms with E-state index in [2.05, 4.69) is 25.3 Å². The van der Waals surface area contributed by atoms with E-state index in [1.165, 1.54) is 23.1 Å². The van der Waals surface area contributed by atoms with Gasteiger partial charge in [-0.05, 0) is 38.0 Å². The Bertz CT molecular complexity index is 1310. The number of hydrogen-bond acceptors (Lipinski definition) is 9. The first-order valence-electron chi connectivity index (χ1n) is 9.26. The summed E-state index contributed by atoms with van der Waals surface area (Å²) >= 11 is 2.93. The number of nitrogens with zero attached hydrogens (tertiary/aromatic N) is 5. The Morgan fingerprint density at radius 1 is 1.13 bits per heavy atom. The van der Waals surface area contributed by atoms with Crippen LogP contribution in [-0.2, 0) is 12.8 Å². The molecule has 0 fully saturated rings. The van der Waals surface area contributed by atoms with Gasteiger partial charge in [0.25, 0.3) is 5.56 Å². The molecular formula is C20H21N7OS2. The van der Waals surface area contributed by atoms with Gasteiger partial charge in [-0.2, -0.15) is 15.0 Å². The van der Waals surface area contributed by atoms with Crippen molar-refractivity contribution in [3.8, 4) is 0 Å². The van der Waals surface area contributed by atoms with Crippen LogP contribution < -0.4 is 16.6 Å². The summed E-state index contributed by atoms with van der Waals surface area (Å²) in [7, 11) is 1.73. The third-order valence-corrected chi connectivity index (χ3v) is 6.92. The smallest absolute Gasteiger partial charge is 0.262 e. The number of nitrogens with two attached hydrogens (primary N) is 1. The molecule has 0 atom stereocenters. The van der Waals surface area contributed by atoms with E-state index in [0.717, 1.165) is 26.5 Å². The van der Waals surface area contributed by atoms with Crippen molar-refractivity contribution in [2.75, 3.05) is 11.1 Å². The third kappa shape index (κ3) is 3.88. The number of nitrogen functional groups attached to an aromatic ring is 1. The molecule has 4 aromatic rings. The summed E-state index contributed by atoms with van der Waals surface area (Å²) < 4.78 is 1.57. The SMILES string of the molecule is Cc1ccccc1Nc1nc(N)nc(CSc2nc3sc(C)c(C)c3c(=O)n2C)n1. The number of para-hydroxylation sites is 1. The molecule has 3 aromatic heterocycles. The van der Waals surface area contributed by atoms with E-state index >= 15 is 0 Å². The average molecular weight is 440 g/mol. The number of aryl methyl sites for hydroxylation is 3. The molecule has 0 spiro atoms. The van der Waals surface area contributed by atoms with Crippen molar-refractivity contribution in [1.82, 2.24) is 24.5 Å². The molecule has 0 bridgehead atoms. The highest BCUT2D eigenvalue weighted by Gasteiger charge is 2.16. The lowest BCUT2D eigenvalue weighted by atomic mass is 10.2. The Labute approximate surface area is 181 Å². The van der Waals surface area contributed by atoms with Gasteiger partial charge in [-0.25, -0.2) is 4.98 Å². The number of benzene rings is 1. The van der Waals surface area contributed by atoms with Gasteiger partial charge >= 0.3 is 0 Å². The molecular weight excluding hydrogens is 418 g/mol. The van der Waals surface area contributed by atoms with Crippen molar-refractivity contribution >= 4 is 50.9 Å². The van der Waals surface area contributed by atoms with E-state index in [1.54, 1.807) is 11.6 Å². The number of hydrogen-bond donors (Lipinski definition) is 2. The minimum Gasteiger partial charge on any atom is -0.368 e. The predicted molar refractivity (Wildman–Crippen MR) is 123 cm³/mol. The summed E-state index contributed by atoms with van der Waals surface area (Å²) in [4.78, 5) is 32.2. The van der Waals surface area contributed by atoms with Gasteiger partial charge in [0.15, 0.2) is 5.16 Å². The summed E-state index contributed by atoms with van der Waals surface area (Å²) in [6.45, 7) is 5.96. The second kappa shape index (κ2) is 8.04. The van der Waals surface area contributed by atoms with Crippen LogP contribution in [0.5, 0.6) is 0 Å². The number of fused-ring (bicyclic) bond motifs is 1. The molecule has 0 aliphatic heterocycles. The summed E-state index contributed by atoms with van der Waals surface area (Å²) in [5.41, 5.74) is 8.82. The lowest BCUT2D eigenvalue weighted by molar-refractivity contribution is 0.727. The third-order valence-electron chi connectivity index (χ3n) is 4.79. The van der Waals surface area contributed by atoms with Gasteiger partial charge in [0.2, 0.25) is 11.9 Å². The highest BCUT2D eigenvalue weighted by molar-refractivity contribution is 7.98. The van der Waals surface area contributed by atoms with Gasteiger partial charge in [0.05, 0.1) is 11.1 Å². The fourth-order valence-electron chi connectivity index (χ4n) is 3.01. The summed E-state index contributed by atoms with van der Waals surface area (Å²) in [5, 5.41) is 4.49. The normalized spacial score (nSPS) is 11.2. The zero-order chi connectivity index (χ0) is 21.4. The molecule has 0 saturated heterocycles. The van der Waals surface area contributed by atoms with Crippen molar-refractivity contribution in [2.45, 2.75) is 31.7 Å². The average Bonchev–Trinajstić information content (AvgIpc) is 2.99. The molecule has 8 nitrogen and oxygen atoms in total. The maximum atomic E-state index is 12.8. The Balaban J connectivity index is 1.60. The maximum Gasteiger partial charge on any atom is 0.262 e. The van der Waals surface area contributed by atoms with Crippen LogP contribution in [0.3, 0.4) is 0 Å². The molecule has 0 unspecified atom stereocenters. The molecule has 0 aliphatic rings. The molecule has 0 radical (unpaired) electrons. The Kier molecular flexibility index (Phi) is 5.44. The molecule has 154 valence electrons. The lowest BCUT2D eigenvalue weighted by Crippen LogP contribution is -2.20. The summed E-state index contributed by atoms with van der Waals surface area (Å²) in [5.74, 6) is 1.44. The summed E-state index contributed by atoms with van der Waals surface area (Å²) in [6.07, 6.45) is 0. The van der Waals surface area contributed by atoms with Gasteiger partial charge in [-0.15, -0.1) is 11.3 Å². The Hall–Kier alpha value is -2.98. The van der Waals surface area contributed by atoms with Gasteiger partial charge in [0, 0.05) is 17.6 Å². The second-order valence-corrected chi connectivity index (χ2v) is 9.03. The fourth-order valence-corrected chi connectivity index (χ4v) is 4.90. The maximum absolute atomic E-state index is 12.8. The number of rotatable bonds is 5. The minimum absolute atomic E-state index is 0.0404. The molecule has 30 heavy (non-hydrogen) atoms. The van der Waals surface area contributed by atoms with Crippen LogP contribution in [0, 0.1) is 20.8 Å². The monoisotopic (exact) mass is 439 g/mol. The number of nitrogens with one attached hydrogen (secondary N) is 1. The molecule has 3 N–H and O–H groups in total. The van der Waals surface area contributed by atoms with E-state index in [0.29, 0.717) is 28.1 Å². The molecule has 10 heteroatoms. The van der Waals surface area contributed by atoms with Crippen LogP contribution in [0.4, 0.5) is 17.6 Å². The largest absolute Gasteiger partial charge is 0.368 e. The van der Waals surface area contributed by atoms with E-state index in [-0.39, 0.29) is 11.5 Å². The van der Waals surface area contributed by atoms with Crippen molar-refractivity contribution in [3.05, 3.63) is 56.4 Å². The van der Waals surface area contributed by atoms with Crippen LogP contribution in [-0.4, -0.2) is 24.5 Å². The predicted octanol–water partition coefficient (Wildman–Crippen LogP) is 3.72. The van der Waals surface area contributed by atoms with Crippen LogP contribution in [0.1, 0.15) is 21.8 Å². The molecule has 0 amide bonds. The van der Waals surface area contributed by atoms with Crippen molar-refractivity contribution in [2.24, 2.45) is 7.05 Å². The standard InChI is InChI=1S/C20H21N7OS2/c1-10-7-5-6-8-13(10)22-19-24-14(23-18(21)26-19)9-29-20-25-16-15(17(28)27(20)4)11(2)12(3)30-16/h5-8H,9H2,1-4H3,(H3,21,22,23,24,26). The van der Waals surface area contributed by atoms with E-state index in [1.807, 2.05) is 45.0 Å².